The fourth-order valence-corrected chi connectivity index (χ4v) is 5.01. The lowest BCUT2D eigenvalue weighted by molar-refractivity contribution is 0.343. The van der Waals surface area contributed by atoms with Gasteiger partial charge in [-0.3, -0.25) is 5.41 Å². The van der Waals surface area contributed by atoms with Crippen LogP contribution in [-0.4, -0.2) is 12.4 Å². The first-order chi connectivity index (χ1) is 13.5. The van der Waals surface area contributed by atoms with Gasteiger partial charge in [0.15, 0.2) is 0 Å². The summed E-state index contributed by atoms with van der Waals surface area (Å²) in [6.07, 6.45) is 6.74. The summed E-state index contributed by atoms with van der Waals surface area (Å²) in [5.41, 5.74) is 22.3. The summed E-state index contributed by atoms with van der Waals surface area (Å²) in [5.74, 6) is 0.229. The van der Waals surface area contributed by atoms with Gasteiger partial charge in [-0.05, 0) is 55.2 Å². The second kappa shape index (κ2) is 8.31. The predicted molar refractivity (Wildman–Crippen MR) is 115 cm³/mol. The van der Waals surface area contributed by atoms with Crippen molar-refractivity contribution in [2.75, 3.05) is 11.4 Å². The minimum atomic E-state index is 0.0621. The maximum Gasteiger partial charge on any atom is 0.0923 e. The molecular weight excluding hydrogens is 370 g/mol. The standard InChI is InChI=1S/C22H26ClN3.H2N2/c1-15-5-7-19-17(13-15)22(10-3-2-4-11-22)18-14-16(23)6-8-20(18)26(19)12-9-21(24)25;1-2/h5-8,13-14H,2-4,9-12H2,1H3,(H3,24,25);1-2H. The van der Waals surface area contributed by atoms with E-state index in [2.05, 4.69) is 42.2 Å². The average molecular weight is 398 g/mol. The van der Waals surface area contributed by atoms with E-state index >= 15 is 0 Å². The molecule has 28 heavy (non-hydrogen) atoms. The van der Waals surface area contributed by atoms with Gasteiger partial charge in [0.1, 0.15) is 0 Å². The zero-order valence-corrected chi connectivity index (χ0v) is 17.1. The van der Waals surface area contributed by atoms with Gasteiger partial charge >= 0.3 is 0 Å². The Hall–Kier alpha value is -2.40. The highest BCUT2D eigenvalue weighted by Gasteiger charge is 2.43. The number of nitrogens with zero attached hydrogens (tertiary/aromatic N) is 1. The van der Waals surface area contributed by atoms with Crippen molar-refractivity contribution in [2.24, 2.45) is 5.73 Å². The molecule has 0 atom stereocenters. The zero-order chi connectivity index (χ0) is 20.3. The number of hydrogen-bond donors (Lipinski definition) is 4. The van der Waals surface area contributed by atoms with Gasteiger partial charge in [-0.25, -0.2) is 11.1 Å². The molecule has 0 amide bonds. The zero-order valence-electron chi connectivity index (χ0n) is 16.3. The number of halogens is 1. The normalized spacial score (nSPS) is 16.6. The van der Waals surface area contributed by atoms with Gasteiger partial charge < -0.3 is 10.6 Å². The van der Waals surface area contributed by atoms with Crippen molar-refractivity contribution in [3.8, 4) is 0 Å². The average Bonchev–Trinajstić information content (AvgIpc) is 2.71. The molecule has 0 aromatic heterocycles. The molecule has 1 fully saturated rings. The molecule has 1 saturated carbocycles. The number of benzene rings is 2. The van der Waals surface area contributed by atoms with Crippen LogP contribution in [0.15, 0.2) is 36.4 Å². The Labute approximate surface area is 171 Å². The fourth-order valence-electron chi connectivity index (χ4n) is 4.84. The molecule has 6 heteroatoms. The van der Waals surface area contributed by atoms with E-state index in [1.165, 1.54) is 60.2 Å². The maximum absolute atomic E-state index is 7.67. The van der Waals surface area contributed by atoms with Crippen molar-refractivity contribution in [3.05, 3.63) is 58.1 Å². The second-order valence-corrected chi connectivity index (χ2v) is 8.19. The SMILES string of the molecule is Cc1ccc2c(c1)C1(CCCCC1)c1cc(Cl)ccc1N2CCC(=N)N.N=N. The lowest BCUT2D eigenvalue weighted by Gasteiger charge is -2.48. The molecule has 1 heterocycles. The number of anilines is 2. The molecule has 1 aliphatic carbocycles. The Morgan fingerprint density at radius 1 is 1.04 bits per heavy atom. The maximum atomic E-state index is 7.67. The summed E-state index contributed by atoms with van der Waals surface area (Å²) < 4.78 is 0. The molecule has 0 saturated heterocycles. The van der Waals surface area contributed by atoms with Crippen LogP contribution in [0.5, 0.6) is 0 Å². The molecule has 5 nitrogen and oxygen atoms in total. The molecule has 2 aliphatic rings. The first-order valence-electron chi connectivity index (χ1n) is 9.78. The van der Waals surface area contributed by atoms with E-state index in [4.69, 9.17) is 33.8 Å². The summed E-state index contributed by atoms with van der Waals surface area (Å²) >= 11 is 6.44. The molecule has 2 aromatic carbocycles. The smallest absolute Gasteiger partial charge is 0.0923 e. The Kier molecular flexibility index (Phi) is 6.04. The Morgan fingerprint density at radius 2 is 1.64 bits per heavy atom. The highest BCUT2D eigenvalue weighted by molar-refractivity contribution is 6.30. The first-order valence-corrected chi connectivity index (χ1v) is 10.2. The van der Waals surface area contributed by atoms with Crippen LogP contribution < -0.4 is 10.6 Å². The number of aryl methyl sites for hydroxylation is 1. The van der Waals surface area contributed by atoms with Crippen LogP contribution >= 0.6 is 11.6 Å². The predicted octanol–water partition coefficient (Wildman–Crippen LogP) is 6.27. The summed E-state index contributed by atoms with van der Waals surface area (Å²) in [4.78, 5) is 2.34. The van der Waals surface area contributed by atoms with Crippen LogP contribution in [0.3, 0.4) is 0 Å². The van der Waals surface area contributed by atoms with Crippen LogP contribution in [0.25, 0.3) is 0 Å². The van der Waals surface area contributed by atoms with Crippen LogP contribution in [0, 0.1) is 23.4 Å². The third-order valence-electron chi connectivity index (χ3n) is 6.04. The lowest BCUT2D eigenvalue weighted by Crippen LogP contribution is -2.39. The van der Waals surface area contributed by atoms with Crippen molar-refractivity contribution in [2.45, 2.75) is 50.9 Å². The van der Waals surface area contributed by atoms with Gasteiger partial charge in [0.25, 0.3) is 0 Å². The van der Waals surface area contributed by atoms with Crippen molar-refractivity contribution in [1.29, 1.82) is 16.5 Å². The summed E-state index contributed by atoms with van der Waals surface area (Å²) in [7, 11) is 0. The van der Waals surface area contributed by atoms with E-state index in [9.17, 15) is 0 Å². The van der Waals surface area contributed by atoms with Crippen LogP contribution in [0.1, 0.15) is 55.2 Å². The molecule has 1 spiro atoms. The topological polar surface area (TPSA) is 101 Å². The van der Waals surface area contributed by atoms with Gasteiger partial charge in [0.2, 0.25) is 0 Å². The van der Waals surface area contributed by atoms with Crippen LogP contribution in [0.4, 0.5) is 11.4 Å². The second-order valence-electron chi connectivity index (χ2n) is 7.75. The number of hydrogen-bond acceptors (Lipinski definition) is 4. The largest absolute Gasteiger partial charge is 0.388 e. The van der Waals surface area contributed by atoms with Crippen molar-refractivity contribution in [3.63, 3.8) is 0 Å². The van der Waals surface area contributed by atoms with E-state index in [1.807, 2.05) is 6.07 Å². The minimum absolute atomic E-state index is 0.0621. The summed E-state index contributed by atoms with van der Waals surface area (Å²) in [6.45, 7) is 2.89. The van der Waals surface area contributed by atoms with Gasteiger partial charge in [-0.15, -0.1) is 0 Å². The molecule has 5 N–H and O–H groups in total. The van der Waals surface area contributed by atoms with E-state index in [-0.39, 0.29) is 11.3 Å². The van der Waals surface area contributed by atoms with Crippen LogP contribution in [0.2, 0.25) is 5.02 Å². The van der Waals surface area contributed by atoms with Crippen molar-refractivity contribution < 1.29 is 0 Å². The van der Waals surface area contributed by atoms with Gasteiger partial charge in [-0.2, -0.15) is 0 Å². The van der Waals surface area contributed by atoms with Crippen molar-refractivity contribution in [1.82, 2.24) is 0 Å². The van der Waals surface area contributed by atoms with E-state index in [0.717, 1.165) is 11.6 Å². The molecule has 4 rings (SSSR count). The van der Waals surface area contributed by atoms with Crippen LogP contribution in [-0.2, 0) is 5.41 Å². The quantitative estimate of drug-likeness (QED) is 0.278. The molecule has 2 aromatic rings. The number of rotatable bonds is 3. The number of amidine groups is 1. The Morgan fingerprint density at radius 3 is 2.29 bits per heavy atom. The van der Waals surface area contributed by atoms with Crippen molar-refractivity contribution >= 4 is 28.8 Å². The summed E-state index contributed by atoms with van der Waals surface area (Å²) in [6, 6.07) is 13.1. The van der Waals surface area contributed by atoms with Gasteiger partial charge in [0, 0.05) is 34.8 Å². The molecule has 148 valence electrons. The number of fused-ring (bicyclic) bond motifs is 4. The molecule has 0 unspecified atom stereocenters. The van der Waals surface area contributed by atoms with E-state index in [1.54, 1.807) is 0 Å². The van der Waals surface area contributed by atoms with Gasteiger partial charge in [-0.1, -0.05) is 48.6 Å². The van der Waals surface area contributed by atoms with E-state index in [0.29, 0.717) is 6.42 Å². The Balaban J connectivity index is 0.00000109. The third kappa shape index (κ3) is 3.51. The lowest BCUT2D eigenvalue weighted by atomic mass is 9.62. The number of nitrogens with two attached hydrogens (primary N) is 1. The molecule has 0 bridgehead atoms. The molecular formula is C22H28ClN5. The third-order valence-corrected chi connectivity index (χ3v) is 6.27. The summed E-state index contributed by atoms with van der Waals surface area (Å²) in [5, 5.41) is 8.47. The first kappa shape index (κ1) is 20.3. The molecule has 0 radical (unpaired) electrons. The van der Waals surface area contributed by atoms with E-state index < -0.39 is 0 Å². The Bertz CT molecular complexity index is 818. The minimum Gasteiger partial charge on any atom is -0.388 e. The highest BCUT2D eigenvalue weighted by atomic mass is 35.5. The molecule has 1 aliphatic heterocycles. The highest BCUT2D eigenvalue weighted by Crippen LogP contribution is 2.56. The fraction of sp³-hybridized carbons (Fsp3) is 0.409. The monoisotopic (exact) mass is 397 g/mol. The number of nitrogens with one attached hydrogen (secondary N) is 3. The van der Waals surface area contributed by atoms with Gasteiger partial charge in [0.05, 0.1) is 5.84 Å².